The zero-order valence-electron chi connectivity index (χ0n) is 28.5. The van der Waals surface area contributed by atoms with Crippen molar-refractivity contribution >= 4 is 45.5 Å². The highest BCUT2D eigenvalue weighted by Crippen LogP contribution is 2.45. The van der Waals surface area contributed by atoms with Gasteiger partial charge in [-0.1, -0.05) is 59.7 Å². The highest BCUT2D eigenvalue weighted by atomic mass is 28.4. The Balaban J connectivity index is 1.74. The van der Waals surface area contributed by atoms with E-state index in [1.54, 1.807) is 30.6 Å². The van der Waals surface area contributed by atoms with Crippen LogP contribution in [0.25, 0.3) is 11.2 Å². The lowest BCUT2D eigenvalue weighted by molar-refractivity contribution is -0.144. The zero-order chi connectivity index (χ0) is 33.4. The Bertz CT molecular complexity index is 1500. The molecule has 0 aliphatic carbocycles. The summed E-state index contributed by atoms with van der Waals surface area (Å²) in [7, 11) is -4.44. The number of esters is 1. The van der Waals surface area contributed by atoms with E-state index in [9.17, 15) is 9.59 Å². The lowest BCUT2D eigenvalue weighted by Gasteiger charge is -2.41. The smallest absolute Gasteiger partial charge is 0.302 e. The standard InChI is InChI=1S/C32H49N5O6Si2/c1-21(38)40-17-23-26(43-45(10,11)32(5,6)7)24(18-41-44(8,9)31(2,3)4)42-30(23)37-20-35-25-27(33-19-34-28(25)37)36-29(39)22-15-13-12-14-16-22/h12-16,19-20,23-24,26,30H,17-18H2,1-11H3,(H,33,34,36,39)/t23-,24-,26+,30-/m1/s1. The molecule has 1 amide bonds. The van der Waals surface area contributed by atoms with Gasteiger partial charge in [0.15, 0.2) is 33.6 Å². The number of anilines is 1. The number of ether oxygens (including phenoxy) is 2. The Morgan fingerprint density at radius 2 is 1.58 bits per heavy atom. The van der Waals surface area contributed by atoms with E-state index in [4.69, 9.17) is 18.3 Å². The first-order chi connectivity index (χ1) is 20.8. The number of nitrogens with one attached hydrogen (secondary N) is 1. The quantitative estimate of drug-likeness (QED) is 0.191. The van der Waals surface area contributed by atoms with Gasteiger partial charge in [-0.15, -0.1) is 0 Å². The maximum Gasteiger partial charge on any atom is 0.302 e. The van der Waals surface area contributed by atoms with Gasteiger partial charge in [-0.25, -0.2) is 15.0 Å². The second-order valence-electron chi connectivity index (χ2n) is 14.8. The molecule has 4 atom stereocenters. The molecule has 1 N–H and O–H groups in total. The summed E-state index contributed by atoms with van der Waals surface area (Å²) in [5, 5.41) is 2.81. The first-order valence-corrected chi connectivity index (χ1v) is 21.3. The van der Waals surface area contributed by atoms with Crippen molar-refractivity contribution in [2.24, 2.45) is 5.92 Å². The van der Waals surface area contributed by atoms with Gasteiger partial charge in [0.05, 0.1) is 25.0 Å². The summed E-state index contributed by atoms with van der Waals surface area (Å²) in [6.07, 6.45) is 1.53. The van der Waals surface area contributed by atoms with Gasteiger partial charge in [0.2, 0.25) is 0 Å². The summed E-state index contributed by atoms with van der Waals surface area (Å²) in [5.41, 5.74) is 1.39. The lowest BCUT2D eigenvalue weighted by atomic mass is 10.0. The molecule has 1 saturated heterocycles. The predicted octanol–water partition coefficient (Wildman–Crippen LogP) is 6.57. The third kappa shape index (κ3) is 7.71. The van der Waals surface area contributed by atoms with E-state index in [0.717, 1.165) is 0 Å². The molecule has 45 heavy (non-hydrogen) atoms. The number of imidazole rings is 1. The molecule has 0 saturated carbocycles. The fourth-order valence-corrected chi connectivity index (χ4v) is 7.05. The van der Waals surface area contributed by atoms with E-state index in [-0.39, 0.29) is 40.3 Å². The SMILES string of the molecule is CC(=O)OC[C@@H]1[C@H](O[Si](C)(C)C(C)(C)C)[C@@H](CO[Si](C)(C)C(C)(C)C)O[C@H]1n1cnc2c(NC(=O)c3ccccc3)ncnc21. The molecule has 1 fully saturated rings. The topological polar surface area (TPSA) is 127 Å². The number of amides is 1. The third-order valence-electron chi connectivity index (χ3n) is 9.50. The number of nitrogens with zero attached hydrogens (tertiary/aromatic N) is 4. The van der Waals surface area contributed by atoms with Crippen LogP contribution in [0.3, 0.4) is 0 Å². The minimum Gasteiger partial charge on any atom is -0.465 e. The van der Waals surface area contributed by atoms with E-state index in [0.29, 0.717) is 23.3 Å². The van der Waals surface area contributed by atoms with Crippen molar-refractivity contribution in [2.75, 3.05) is 18.5 Å². The van der Waals surface area contributed by atoms with Crippen LogP contribution in [-0.2, 0) is 23.1 Å². The van der Waals surface area contributed by atoms with Gasteiger partial charge in [0, 0.05) is 12.5 Å². The number of fused-ring (bicyclic) bond motifs is 1. The molecule has 0 bridgehead atoms. The summed E-state index contributed by atoms with van der Waals surface area (Å²) in [6.45, 7) is 23.8. The minimum atomic E-state index is -2.31. The van der Waals surface area contributed by atoms with Crippen molar-refractivity contribution in [1.29, 1.82) is 0 Å². The van der Waals surface area contributed by atoms with Gasteiger partial charge in [0.1, 0.15) is 25.3 Å². The molecule has 4 rings (SSSR count). The van der Waals surface area contributed by atoms with Crippen LogP contribution in [-0.4, -0.2) is 73.5 Å². The second kappa shape index (κ2) is 13.0. The summed E-state index contributed by atoms with van der Waals surface area (Å²) < 4.78 is 28.0. The Kier molecular flexibility index (Phi) is 10.1. The number of hydrogen-bond donors (Lipinski definition) is 1. The van der Waals surface area contributed by atoms with Crippen molar-refractivity contribution in [2.45, 2.75) is 103 Å². The van der Waals surface area contributed by atoms with Gasteiger partial charge < -0.3 is 23.6 Å². The monoisotopic (exact) mass is 655 g/mol. The predicted molar refractivity (Wildman–Crippen MR) is 179 cm³/mol. The summed E-state index contributed by atoms with van der Waals surface area (Å²) in [6, 6.07) is 8.91. The number of benzene rings is 1. The van der Waals surface area contributed by atoms with Crippen molar-refractivity contribution in [3.63, 3.8) is 0 Å². The van der Waals surface area contributed by atoms with Crippen LogP contribution < -0.4 is 5.32 Å². The Hall–Kier alpha value is -2.98. The molecule has 1 aromatic carbocycles. The molecule has 3 heterocycles. The molecule has 1 aliphatic rings. The average molecular weight is 656 g/mol. The third-order valence-corrected chi connectivity index (χ3v) is 18.5. The van der Waals surface area contributed by atoms with Crippen LogP contribution in [0.15, 0.2) is 43.0 Å². The molecular formula is C32H49N5O6Si2. The molecule has 0 spiro atoms. The maximum atomic E-state index is 12.9. The van der Waals surface area contributed by atoms with Crippen molar-refractivity contribution in [3.8, 4) is 0 Å². The normalized spacial score (nSPS) is 21.2. The zero-order valence-corrected chi connectivity index (χ0v) is 30.5. The Labute approximate surface area is 268 Å². The Morgan fingerprint density at radius 3 is 2.18 bits per heavy atom. The molecule has 0 unspecified atom stereocenters. The number of aromatic nitrogens is 4. The van der Waals surface area contributed by atoms with E-state index in [2.05, 4.69) is 88.0 Å². The van der Waals surface area contributed by atoms with Gasteiger partial charge >= 0.3 is 5.97 Å². The fourth-order valence-electron chi connectivity index (χ4n) is 4.68. The molecule has 0 radical (unpaired) electrons. The van der Waals surface area contributed by atoms with Crippen LogP contribution in [0, 0.1) is 5.92 Å². The van der Waals surface area contributed by atoms with Crippen LogP contribution in [0.4, 0.5) is 5.82 Å². The van der Waals surface area contributed by atoms with E-state index < -0.39 is 35.1 Å². The molecule has 1 aliphatic heterocycles. The number of carbonyl (C=O) groups excluding carboxylic acids is 2. The molecule has 3 aromatic rings. The van der Waals surface area contributed by atoms with Crippen molar-refractivity contribution in [1.82, 2.24) is 19.5 Å². The average Bonchev–Trinajstić information content (AvgIpc) is 3.51. The van der Waals surface area contributed by atoms with Gasteiger partial charge in [-0.3, -0.25) is 14.2 Å². The summed E-state index contributed by atoms with van der Waals surface area (Å²) in [5.74, 6) is -0.787. The van der Waals surface area contributed by atoms with Gasteiger partial charge in [-0.2, -0.15) is 0 Å². The van der Waals surface area contributed by atoms with Gasteiger partial charge in [-0.05, 0) is 48.4 Å². The number of rotatable bonds is 10. The van der Waals surface area contributed by atoms with Gasteiger partial charge in [0.25, 0.3) is 5.91 Å². The lowest BCUT2D eigenvalue weighted by Crippen LogP contribution is -2.50. The fraction of sp³-hybridized carbons (Fsp3) is 0.594. The van der Waals surface area contributed by atoms with Crippen molar-refractivity contribution < 1.29 is 27.9 Å². The van der Waals surface area contributed by atoms with Crippen LogP contribution >= 0.6 is 0 Å². The van der Waals surface area contributed by atoms with E-state index >= 15 is 0 Å². The maximum absolute atomic E-state index is 12.9. The first-order valence-electron chi connectivity index (χ1n) is 15.5. The molecule has 2 aromatic heterocycles. The highest BCUT2D eigenvalue weighted by Gasteiger charge is 2.52. The summed E-state index contributed by atoms with van der Waals surface area (Å²) >= 11 is 0. The molecular weight excluding hydrogens is 607 g/mol. The Morgan fingerprint density at radius 1 is 0.933 bits per heavy atom. The van der Waals surface area contributed by atoms with Crippen LogP contribution in [0.2, 0.25) is 36.3 Å². The number of carbonyl (C=O) groups is 2. The summed E-state index contributed by atoms with van der Waals surface area (Å²) in [4.78, 5) is 38.5. The minimum absolute atomic E-state index is 0.00991. The van der Waals surface area contributed by atoms with E-state index in [1.807, 2.05) is 10.6 Å². The van der Waals surface area contributed by atoms with E-state index in [1.165, 1.54) is 13.3 Å². The molecule has 246 valence electrons. The number of hydrogen-bond acceptors (Lipinski definition) is 9. The first kappa shape index (κ1) is 34.9. The van der Waals surface area contributed by atoms with Crippen molar-refractivity contribution in [3.05, 3.63) is 48.5 Å². The van der Waals surface area contributed by atoms with Crippen LogP contribution in [0.5, 0.6) is 0 Å². The highest BCUT2D eigenvalue weighted by molar-refractivity contribution is 6.74. The second-order valence-corrected chi connectivity index (χ2v) is 24.4. The largest absolute Gasteiger partial charge is 0.465 e. The molecule has 11 nitrogen and oxygen atoms in total. The molecule has 13 heteroatoms. The van der Waals surface area contributed by atoms with Crippen LogP contribution in [0.1, 0.15) is 65.1 Å².